The molecule has 0 fully saturated rings. The minimum Gasteiger partial charge on any atom is -0.348 e. The molecule has 0 atom stereocenters. The number of carbonyl (C=O) groups is 1. The Balaban J connectivity index is 1.66. The van der Waals surface area contributed by atoms with E-state index in [1.807, 2.05) is 18.2 Å². The average molecular weight is 422 g/mol. The van der Waals surface area contributed by atoms with Crippen LogP contribution in [0.15, 0.2) is 77.6 Å². The molecule has 0 saturated carbocycles. The molecule has 1 aromatic heterocycles. The minimum absolute atomic E-state index is 0.235. The minimum atomic E-state index is -0.254. The van der Waals surface area contributed by atoms with E-state index < -0.39 is 0 Å². The molecule has 0 aliphatic rings. The molecule has 7 heteroatoms. The Morgan fingerprint density at radius 3 is 2.66 bits per heavy atom. The van der Waals surface area contributed by atoms with Gasteiger partial charge in [-0.3, -0.25) is 14.2 Å². The number of fused-ring (bicyclic) bond motifs is 1. The molecule has 0 aliphatic heterocycles. The number of aromatic nitrogens is 2. The van der Waals surface area contributed by atoms with Gasteiger partial charge in [0.1, 0.15) is 0 Å². The van der Waals surface area contributed by atoms with Crippen LogP contribution in [0.2, 0.25) is 5.02 Å². The van der Waals surface area contributed by atoms with Crippen LogP contribution in [0.25, 0.3) is 16.6 Å². The molecule has 3 aromatic carbocycles. The fourth-order valence-electron chi connectivity index (χ4n) is 3.11. The largest absolute Gasteiger partial charge is 0.348 e. The highest BCUT2D eigenvalue weighted by Crippen LogP contribution is 2.14. The Morgan fingerprint density at radius 1 is 1.03 bits per heavy atom. The summed E-state index contributed by atoms with van der Waals surface area (Å²) in [5.74, 6) is -0.254. The van der Waals surface area contributed by atoms with Crippen molar-refractivity contribution in [3.8, 4) is 5.69 Å². The van der Waals surface area contributed by atoms with Crippen molar-refractivity contribution in [3.05, 3.63) is 104 Å². The zero-order chi connectivity index (χ0) is 20.4. The number of H-pyrrole nitrogens is 1. The standard InChI is InChI=1S/C22H16ClN3O2S/c23-16-7-3-5-14(11-16)13-24-20(27)15-6-4-8-17(12-15)26-21(28)18-9-1-2-10-19(18)25-22(26)29/h1-12H,13H2,(H,24,27)(H,25,29). The van der Waals surface area contributed by atoms with E-state index in [0.29, 0.717) is 33.7 Å². The second-order valence-corrected chi connectivity index (χ2v) is 7.30. The summed E-state index contributed by atoms with van der Waals surface area (Å²) < 4.78 is 1.66. The van der Waals surface area contributed by atoms with E-state index in [1.54, 1.807) is 54.6 Å². The highest BCUT2D eigenvalue weighted by atomic mass is 35.5. The molecule has 1 heterocycles. The van der Waals surface area contributed by atoms with Crippen molar-refractivity contribution in [2.24, 2.45) is 0 Å². The fourth-order valence-corrected chi connectivity index (χ4v) is 3.63. The smallest absolute Gasteiger partial charge is 0.266 e. The van der Waals surface area contributed by atoms with Crippen LogP contribution in [-0.2, 0) is 6.54 Å². The fraction of sp³-hybridized carbons (Fsp3) is 0.0455. The van der Waals surface area contributed by atoms with Crippen LogP contribution >= 0.6 is 23.8 Å². The van der Waals surface area contributed by atoms with E-state index in [-0.39, 0.29) is 16.2 Å². The number of amides is 1. The number of halogens is 1. The number of rotatable bonds is 4. The van der Waals surface area contributed by atoms with Gasteiger partial charge in [-0.25, -0.2) is 0 Å². The number of hydrogen-bond acceptors (Lipinski definition) is 3. The van der Waals surface area contributed by atoms with Gasteiger partial charge >= 0.3 is 0 Å². The third kappa shape index (κ3) is 3.99. The molecule has 4 rings (SSSR count). The van der Waals surface area contributed by atoms with Crippen LogP contribution in [0.1, 0.15) is 15.9 Å². The van der Waals surface area contributed by atoms with Crippen molar-refractivity contribution in [1.82, 2.24) is 14.9 Å². The average Bonchev–Trinajstić information content (AvgIpc) is 2.72. The summed E-state index contributed by atoms with van der Waals surface area (Å²) in [4.78, 5) is 28.6. The van der Waals surface area contributed by atoms with Crippen LogP contribution in [0.3, 0.4) is 0 Å². The third-order valence-electron chi connectivity index (χ3n) is 4.51. The Kier molecular flexibility index (Phi) is 5.29. The van der Waals surface area contributed by atoms with Gasteiger partial charge in [0.2, 0.25) is 0 Å². The van der Waals surface area contributed by atoms with E-state index in [9.17, 15) is 9.59 Å². The third-order valence-corrected chi connectivity index (χ3v) is 5.03. The molecular formula is C22H16ClN3O2S. The van der Waals surface area contributed by atoms with Crippen molar-refractivity contribution in [3.63, 3.8) is 0 Å². The summed E-state index contributed by atoms with van der Waals surface area (Å²) in [7, 11) is 0. The lowest BCUT2D eigenvalue weighted by molar-refractivity contribution is 0.0951. The topological polar surface area (TPSA) is 66.9 Å². The van der Waals surface area contributed by atoms with Gasteiger partial charge in [-0.05, 0) is 60.2 Å². The van der Waals surface area contributed by atoms with Gasteiger partial charge in [0.25, 0.3) is 11.5 Å². The van der Waals surface area contributed by atoms with E-state index in [1.165, 1.54) is 4.57 Å². The number of benzene rings is 3. The van der Waals surface area contributed by atoms with Gasteiger partial charge in [-0.1, -0.05) is 41.9 Å². The number of para-hydroxylation sites is 1. The highest BCUT2D eigenvalue weighted by molar-refractivity contribution is 7.71. The lowest BCUT2D eigenvalue weighted by Crippen LogP contribution is -2.24. The van der Waals surface area contributed by atoms with E-state index in [0.717, 1.165) is 5.56 Å². The Bertz CT molecular complexity index is 1340. The normalized spacial score (nSPS) is 10.8. The monoisotopic (exact) mass is 421 g/mol. The van der Waals surface area contributed by atoms with Crippen molar-refractivity contribution < 1.29 is 4.79 Å². The van der Waals surface area contributed by atoms with Crippen LogP contribution in [0.4, 0.5) is 0 Å². The Hall–Kier alpha value is -3.22. The Morgan fingerprint density at radius 2 is 1.83 bits per heavy atom. The first-order valence-electron chi connectivity index (χ1n) is 8.90. The number of hydrogen-bond donors (Lipinski definition) is 2. The second kappa shape index (κ2) is 8.03. The van der Waals surface area contributed by atoms with Crippen molar-refractivity contribution >= 4 is 40.6 Å². The molecule has 0 unspecified atom stereocenters. The molecule has 2 N–H and O–H groups in total. The van der Waals surface area contributed by atoms with E-state index in [4.69, 9.17) is 23.8 Å². The molecular weight excluding hydrogens is 406 g/mol. The summed E-state index contributed by atoms with van der Waals surface area (Å²) in [6.07, 6.45) is 0. The molecule has 5 nitrogen and oxygen atoms in total. The molecule has 1 amide bonds. The van der Waals surface area contributed by atoms with Gasteiger partial charge in [0, 0.05) is 17.1 Å². The zero-order valence-corrected chi connectivity index (χ0v) is 16.8. The maximum atomic E-state index is 12.9. The maximum absolute atomic E-state index is 12.9. The summed E-state index contributed by atoms with van der Waals surface area (Å²) in [5, 5.41) is 4.00. The first-order chi connectivity index (χ1) is 14.0. The number of nitrogens with zero attached hydrogens (tertiary/aromatic N) is 1. The lowest BCUT2D eigenvalue weighted by atomic mass is 10.1. The quantitative estimate of drug-likeness (QED) is 0.472. The van der Waals surface area contributed by atoms with Crippen LogP contribution < -0.4 is 10.9 Å². The van der Waals surface area contributed by atoms with Crippen LogP contribution in [-0.4, -0.2) is 15.5 Å². The predicted octanol–water partition coefficient (Wildman–Crippen LogP) is 4.63. The first kappa shape index (κ1) is 19.1. The van der Waals surface area contributed by atoms with E-state index >= 15 is 0 Å². The zero-order valence-electron chi connectivity index (χ0n) is 15.2. The second-order valence-electron chi connectivity index (χ2n) is 6.48. The van der Waals surface area contributed by atoms with Gasteiger partial charge < -0.3 is 10.3 Å². The van der Waals surface area contributed by atoms with Crippen LogP contribution in [0, 0.1) is 4.77 Å². The van der Waals surface area contributed by atoms with Crippen molar-refractivity contribution in [2.75, 3.05) is 0 Å². The molecule has 0 bridgehead atoms. The molecule has 0 saturated heterocycles. The molecule has 144 valence electrons. The summed E-state index contributed by atoms with van der Waals surface area (Å²) in [5.41, 5.74) is 2.29. The van der Waals surface area contributed by atoms with Gasteiger partial charge in [-0.15, -0.1) is 0 Å². The summed E-state index contributed by atoms with van der Waals surface area (Å²) in [6, 6.07) is 21.3. The predicted molar refractivity (Wildman–Crippen MR) is 117 cm³/mol. The highest BCUT2D eigenvalue weighted by Gasteiger charge is 2.11. The Labute approximate surface area is 176 Å². The molecule has 4 aromatic rings. The number of aromatic amines is 1. The van der Waals surface area contributed by atoms with Crippen molar-refractivity contribution in [2.45, 2.75) is 6.54 Å². The van der Waals surface area contributed by atoms with Gasteiger partial charge in [0.05, 0.1) is 16.6 Å². The molecule has 0 aliphatic carbocycles. The molecule has 0 radical (unpaired) electrons. The number of nitrogens with one attached hydrogen (secondary N) is 2. The van der Waals surface area contributed by atoms with E-state index in [2.05, 4.69) is 10.3 Å². The van der Waals surface area contributed by atoms with Crippen molar-refractivity contribution in [1.29, 1.82) is 0 Å². The van der Waals surface area contributed by atoms with Crippen LogP contribution in [0.5, 0.6) is 0 Å². The van der Waals surface area contributed by atoms with Gasteiger partial charge in [-0.2, -0.15) is 0 Å². The SMILES string of the molecule is O=C(NCc1cccc(Cl)c1)c1cccc(-n2c(=S)[nH]c3ccccc3c2=O)c1. The maximum Gasteiger partial charge on any atom is 0.266 e. The summed E-state index contributed by atoms with van der Waals surface area (Å²) in [6.45, 7) is 0.347. The lowest BCUT2D eigenvalue weighted by Gasteiger charge is -2.10. The first-order valence-corrected chi connectivity index (χ1v) is 9.69. The molecule has 29 heavy (non-hydrogen) atoms. The number of carbonyl (C=O) groups excluding carboxylic acids is 1. The van der Waals surface area contributed by atoms with Gasteiger partial charge in [0.15, 0.2) is 4.77 Å². The molecule has 0 spiro atoms. The summed E-state index contributed by atoms with van der Waals surface area (Å²) >= 11 is 11.4.